The molecule has 0 aliphatic carbocycles. The maximum absolute atomic E-state index is 10.7. The van der Waals surface area contributed by atoms with E-state index in [1.807, 2.05) is 12.1 Å². The number of rotatable bonds is 1. The molecule has 0 bridgehead atoms. The number of carbonyl (C=O) groups is 1. The van der Waals surface area contributed by atoms with Gasteiger partial charge in [0.15, 0.2) is 0 Å². The maximum Gasteiger partial charge on any atom is 0.222 e. The Balaban J connectivity index is 3.12. The summed E-state index contributed by atoms with van der Waals surface area (Å²) in [6.07, 6.45) is 1.38. The Morgan fingerprint density at radius 1 is 1.54 bits per heavy atom. The summed E-state index contributed by atoms with van der Waals surface area (Å²) in [7, 11) is 0. The fourth-order valence-corrected chi connectivity index (χ4v) is 0.902. The molecule has 5 nitrogen and oxygen atoms in total. The molecule has 0 radical (unpaired) electrons. The molecule has 0 aliphatic rings. The molecule has 0 unspecified atom stereocenters. The van der Waals surface area contributed by atoms with Gasteiger partial charge in [0.2, 0.25) is 5.91 Å². The quantitative estimate of drug-likeness (QED) is 0.656. The third-order valence-corrected chi connectivity index (χ3v) is 1.41. The van der Waals surface area contributed by atoms with Crippen molar-refractivity contribution < 1.29 is 4.79 Å². The van der Waals surface area contributed by atoms with E-state index in [0.717, 1.165) is 0 Å². The van der Waals surface area contributed by atoms with Crippen LogP contribution in [0.1, 0.15) is 18.1 Å². The lowest BCUT2D eigenvalue weighted by atomic mass is 10.2. The van der Waals surface area contributed by atoms with E-state index in [9.17, 15) is 4.79 Å². The first-order valence-electron chi connectivity index (χ1n) is 3.48. The summed E-state index contributed by atoms with van der Waals surface area (Å²) < 4.78 is 0. The third kappa shape index (κ3) is 1.66. The second-order valence-electron chi connectivity index (χ2n) is 2.36. The van der Waals surface area contributed by atoms with Gasteiger partial charge in [0, 0.05) is 13.1 Å². The standard InChI is InChI=1S/C8H6N4O/c1-5(13)12-8-7(3-10)6(2-9)4-11-8/h4,11H,1H3,(H,12,13). The van der Waals surface area contributed by atoms with Gasteiger partial charge in [0.25, 0.3) is 0 Å². The van der Waals surface area contributed by atoms with Crippen molar-refractivity contribution in [1.82, 2.24) is 4.98 Å². The largest absolute Gasteiger partial charge is 0.346 e. The zero-order valence-corrected chi connectivity index (χ0v) is 6.88. The maximum atomic E-state index is 10.7. The minimum Gasteiger partial charge on any atom is -0.346 e. The summed E-state index contributed by atoms with van der Waals surface area (Å²) in [5, 5.41) is 19.6. The zero-order valence-electron chi connectivity index (χ0n) is 6.88. The molecule has 1 amide bonds. The van der Waals surface area contributed by atoms with Crippen molar-refractivity contribution in [3.05, 3.63) is 17.3 Å². The number of nitrogens with one attached hydrogen (secondary N) is 2. The lowest BCUT2D eigenvalue weighted by Gasteiger charge is -1.96. The predicted octanol–water partition coefficient (Wildman–Crippen LogP) is 0.716. The average molecular weight is 174 g/mol. The van der Waals surface area contributed by atoms with Crippen LogP contribution in [0, 0.1) is 22.7 Å². The molecule has 0 fully saturated rings. The fraction of sp³-hybridized carbons (Fsp3) is 0.125. The van der Waals surface area contributed by atoms with E-state index >= 15 is 0 Å². The fourth-order valence-electron chi connectivity index (χ4n) is 0.902. The molecular formula is C8H6N4O. The Kier molecular flexibility index (Phi) is 2.32. The lowest BCUT2D eigenvalue weighted by Crippen LogP contribution is -2.07. The lowest BCUT2D eigenvalue weighted by molar-refractivity contribution is -0.114. The topological polar surface area (TPSA) is 92.5 Å². The number of aromatic nitrogens is 1. The molecule has 2 N–H and O–H groups in total. The zero-order chi connectivity index (χ0) is 9.84. The first kappa shape index (κ1) is 8.82. The molecule has 13 heavy (non-hydrogen) atoms. The Morgan fingerprint density at radius 3 is 2.69 bits per heavy atom. The number of hydrogen-bond donors (Lipinski definition) is 2. The van der Waals surface area contributed by atoms with Gasteiger partial charge in [-0.15, -0.1) is 0 Å². The van der Waals surface area contributed by atoms with E-state index < -0.39 is 0 Å². The highest BCUT2D eigenvalue weighted by Crippen LogP contribution is 2.16. The van der Waals surface area contributed by atoms with E-state index in [4.69, 9.17) is 10.5 Å². The summed E-state index contributed by atoms with van der Waals surface area (Å²) in [5.74, 6) is -0.0191. The summed E-state index contributed by atoms with van der Waals surface area (Å²) in [6.45, 7) is 1.33. The molecule has 1 aromatic rings. The van der Waals surface area contributed by atoms with Gasteiger partial charge in [-0.1, -0.05) is 0 Å². The normalized spacial score (nSPS) is 8.54. The van der Waals surface area contributed by atoms with E-state index in [1.54, 1.807) is 0 Å². The smallest absolute Gasteiger partial charge is 0.222 e. The molecule has 0 atom stereocenters. The number of hydrogen-bond acceptors (Lipinski definition) is 3. The van der Waals surface area contributed by atoms with Crippen LogP contribution in [0.5, 0.6) is 0 Å². The first-order chi connectivity index (χ1) is 6.19. The number of anilines is 1. The van der Waals surface area contributed by atoms with Crippen LogP contribution in [0.3, 0.4) is 0 Å². The van der Waals surface area contributed by atoms with Crippen molar-refractivity contribution >= 4 is 11.7 Å². The molecule has 1 heterocycles. The van der Waals surface area contributed by atoms with E-state index in [0.29, 0.717) is 0 Å². The van der Waals surface area contributed by atoms with Crippen molar-refractivity contribution in [2.45, 2.75) is 6.92 Å². The summed E-state index contributed by atoms with van der Waals surface area (Å²) in [4.78, 5) is 13.3. The van der Waals surface area contributed by atoms with Gasteiger partial charge in [0.05, 0.1) is 5.56 Å². The van der Waals surface area contributed by atoms with E-state index in [1.165, 1.54) is 13.1 Å². The van der Waals surface area contributed by atoms with Crippen LogP contribution < -0.4 is 5.32 Å². The molecule has 0 aromatic carbocycles. The van der Waals surface area contributed by atoms with Crippen LogP contribution in [-0.2, 0) is 4.79 Å². The molecule has 0 spiro atoms. The van der Waals surface area contributed by atoms with Crippen LogP contribution in [0.15, 0.2) is 6.20 Å². The molecule has 5 heteroatoms. The third-order valence-electron chi connectivity index (χ3n) is 1.41. The second-order valence-corrected chi connectivity index (χ2v) is 2.36. The molecule has 1 rings (SSSR count). The van der Waals surface area contributed by atoms with Crippen LogP contribution in [0.2, 0.25) is 0 Å². The van der Waals surface area contributed by atoms with Crippen LogP contribution in [0.4, 0.5) is 5.82 Å². The molecule has 1 aromatic heterocycles. The highest BCUT2D eigenvalue weighted by atomic mass is 16.1. The number of nitriles is 2. The van der Waals surface area contributed by atoms with E-state index in [2.05, 4.69) is 10.3 Å². The Bertz CT molecular complexity index is 418. The number of aromatic amines is 1. The van der Waals surface area contributed by atoms with Crippen molar-refractivity contribution in [3.63, 3.8) is 0 Å². The van der Waals surface area contributed by atoms with E-state index in [-0.39, 0.29) is 22.9 Å². The van der Waals surface area contributed by atoms with Crippen LogP contribution in [0.25, 0.3) is 0 Å². The van der Waals surface area contributed by atoms with Gasteiger partial charge in [-0.3, -0.25) is 4.79 Å². The van der Waals surface area contributed by atoms with Crippen LogP contribution in [-0.4, -0.2) is 10.9 Å². The van der Waals surface area contributed by atoms with Gasteiger partial charge in [-0.25, -0.2) is 0 Å². The highest BCUT2D eigenvalue weighted by Gasteiger charge is 2.10. The monoisotopic (exact) mass is 174 g/mol. The van der Waals surface area contributed by atoms with Crippen LogP contribution >= 0.6 is 0 Å². The van der Waals surface area contributed by atoms with Crippen molar-refractivity contribution in [1.29, 1.82) is 10.5 Å². The number of H-pyrrole nitrogens is 1. The minimum absolute atomic E-state index is 0.165. The predicted molar refractivity (Wildman–Crippen MR) is 44.5 cm³/mol. The van der Waals surface area contributed by atoms with Crippen molar-refractivity contribution in [2.75, 3.05) is 5.32 Å². The average Bonchev–Trinajstić information content (AvgIpc) is 2.45. The molecule has 0 saturated heterocycles. The van der Waals surface area contributed by atoms with Crippen molar-refractivity contribution in [3.8, 4) is 12.1 Å². The first-order valence-corrected chi connectivity index (χ1v) is 3.48. The minimum atomic E-state index is -0.289. The van der Waals surface area contributed by atoms with Gasteiger partial charge in [-0.05, 0) is 0 Å². The van der Waals surface area contributed by atoms with Crippen molar-refractivity contribution in [2.24, 2.45) is 0 Å². The van der Waals surface area contributed by atoms with Gasteiger partial charge >= 0.3 is 0 Å². The Morgan fingerprint density at radius 2 is 2.23 bits per heavy atom. The molecule has 64 valence electrons. The molecular weight excluding hydrogens is 168 g/mol. The molecule has 0 aliphatic heterocycles. The van der Waals surface area contributed by atoms with Gasteiger partial charge < -0.3 is 10.3 Å². The van der Waals surface area contributed by atoms with Gasteiger partial charge in [-0.2, -0.15) is 10.5 Å². The summed E-state index contributed by atoms with van der Waals surface area (Å²) >= 11 is 0. The Hall–Kier alpha value is -2.27. The number of amides is 1. The SMILES string of the molecule is CC(=O)Nc1[nH]cc(C#N)c1C#N. The number of nitrogens with zero attached hydrogens (tertiary/aromatic N) is 2. The summed E-state index contributed by atoms with van der Waals surface area (Å²) in [6, 6.07) is 3.67. The second kappa shape index (κ2) is 3.42. The summed E-state index contributed by atoms with van der Waals surface area (Å²) in [5.41, 5.74) is 0.393. The Labute approximate surface area is 74.6 Å². The molecule has 0 saturated carbocycles. The highest BCUT2D eigenvalue weighted by molar-refractivity contribution is 5.89. The number of carbonyl (C=O) groups excluding carboxylic acids is 1. The van der Waals surface area contributed by atoms with Gasteiger partial charge in [0.1, 0.15) is 23.5 Å².